The van der Waals surface area contributed by atoms with Gasteiger partial charge in [-0.25, -0.2) is 4.79 Å². The Morgan fingerprint density at radius 1 is 1.25 bits per heavy atom. The van der Waals surface area contributed by atoms with Gasteiger partial charge in [0.05, 0.1) is 17.7 Å². The van der Waals surface area contributed by atoms with Crippen LogP contribution in [0.2, 0.25) is 5.02 Å². The highest BCUT2D eigenvalue weighted by Crippen LogP contribution is 2.72. The van der Waals surface area contributed by atoms with Crippen molar-refractivity contribution in [2.75, 3.05) is 6.61 Å². The lowest BCUT2D eigenvalue weighted by molar-refractivity contribution is -0.146. The zero-order chi connectivity index (χ0) is 16.9. The number of nitrogens with zero attached hydrogens (tertiary/aromatic N) is 2. The van der Waals surface area contributed by atoms with Crippen LogP contribution >= 0.6 is 11.6 Å². The number of ether oxygens (including phenoxy) is 1. The SMILES string of the molecule is CCOC(=O)[C@@]12N=Nc3ccc(Cl)cc3[C@]1(c1ccccc1)[C@@H]2C. The normalized spacial score (nSPS) is 29.5. The number of hydrogen-bond donors (Lipinski definition) is 0. The molecule has 1 aliphatic heterocycles. The van der Waals surface area contributed by atoms with Gasteiger partial charge in [0.1, 0.15) is 0 Å². The topological polar surface area (TPSA) is 51.0 Å². The lowest BCUT2D eigenvalue weighted by Gasteiger charge is -2.26. The van der Waals surface area contributed by atoms with E-state index in [0.29, 0.717) is 11.6 Å². The molecule has 1 heterocycles. The van der Waals surface area contributed by atoms with E-state index in [1.165, 1.54) is 0 Å². The second-order valence-corrected chi connectivity index (χ2v) is 6.68. The Kier molecular flexibility index (Phi) is 3.29. The molecule has 2 aliphatic rings. The van der Waals surface area contributed by atoms with E-state index in [1.54, 1.807) is 13.0 Å². The van der Waals surface area contributed by atoms with Crippen molar-refractivity contribution in [1.29, 1.82) is 0 Å². The van der Waals surface area contributed by atoms with Gasteiger partial charge in [0.15, 0.2) is 5.54 Å². The van der Waals surface area contributed by atoms with Crippen molar-refractivity contribution in [1.82, 2.24) is 0 Å². The van der Waals surface area contributed by atoms with Crippen LogP contribution < -0.4 is 0 Å². The van der Waals surface area contributed by atoms with E-state index in [2.05, 4.69) is 10.2 Å². The van der Waals surface area contributed by atoms with E-state index in [0.717, 1.165) is 16.8 Å². The van der Waals surface area contributed by atoms with Gasteiger partial charge < -0.3 is 4.74 Å². The quantitative estimate of drug-likeness (QED) is 0.762. The first kappa shape index (κ1) is 15.3. The largest absolute Gasteiger partial charge is 0.464 e. The fraction of sp³-hybridized carbons (Fsp3) is 0.316. The summed E-state index contributed by atoms with van der Waals surface area (Å²) < 4.78 is 5.36. The number of azo groups is 1. The molecule has 1 saturated carbocycles. The Morgan fingerprint density at radius 2 is 2.00 bits per heavy atom. The number of benzene rings is 2. The lowest BCUT2D eigenvalue weighted by atomic mass is 9.81. The summed E-state index contributed by atoms with van der Waals surface area (Å²) in [5.41, 5.74) is 1.14. The highest BCUT2D eigenvalue weighted by molar-refractivity contribution is 6.30. The molecule has 0 spiro atoms. The summed E-state index contributed by atoms with van der Waals surface area (Å²) in [6, 6.07) is 15.5. The number of fused-ring (bicyclic) bond motifs is 3. The van der Waals surface area contributed by atoms with E-state index in [4.69, 9.17) is 16.3 Å². The van der Waals surface area contributed by atoms with Crippen LogP contribution in [0.3, 0.4) is 0 Å². The summed E-state index contributed by atoms with van der Waals surface area (Å²) in [6.07, 6.45) is 0. The van der Waals surface area contributed by atoms with E-state index >= 15 is 0 Å². The van der Waals surface area contributed by atoms with Gasteiger partial charge in [-0.2, -0.15) is 10.2 Å². The summed E-state index contributed by atoms with van der Waals surface area (Å²) >= 11 is 6.26. The van der Waals surface area contributed by atoms with Crippen LogP contribution in [0.25, 0.3) is 0 Å². The van der Waals surface area contributed by atoms with Gasteiger partial charge >= 0.3 is 5.97 Å². The number of rotatable bonds is 3. The van der Waals surface area contributed by atoms with Crippen LogP contribution in [0, 0.1) is 5.92 Å². The van der Waals surface area contributed by atoms with Crippen LogP contribution in [-0.2, 0) is 14.9 Å². The van der Waals surface area contributed by atoms with Crippen molar-refractivity contribution in [2.24, 2.45) is 16.1 Å². The summed E-state index contributed by atoms with van der Waals surface area (Å²) in [5, 5.41) is 9.40. The number of carbonyl (C=O) groups is 1. The number of halogens is 1. The molecule has 2 aromatic carbocycles. The molecule has 2 aromatic rings. The van der Waals surface area contributed by atoms with Gasteiger partial charge in [0.25, 0.3) is 0 Å². The van der Waals surface area contributed by atoms with Crippen molar-refractivity contribution in [3.63, 3.8) is 0 Å². The Morgan fingerprint density at radius 3 is 2.71 bits per heavy atom. The fourth-order valence-corrected chi connectivity index (χ4v) is 4.41. The van der Waals surface area contributed by atoms with E-state index < -0.39 is 11.0 Å². The molecule has 5 heteroatoms. The lowest BCUT2D eigenvalue weighted by Crippen LogP contribution is -2.35. The van der Waals surface area contributed by atoms with Crippen LogP contribution in [0.1, 0.15) is 25.0 Å². The van der Waals surface area contributed by atoms with Gasteiger partial charge in [-0.1, -0.05) is 48.9 Å². The Labute approximate surface area is 145 Å². The minimum absolute atomic E-state index is 0.0603. The molecular weight excluding hydrogens is 324 g/mol. The summed E-state index contributed by atoms with van der Waals surface area (Å²) in [7, 11) is 0. The predicted octanol–water partition coefficient (Wildman–Crippen LogP) is 4.68. The number of esters is 1. The van der Waals surface area contributed by atoms with Crippen molar-refractivity contribution in [3.05, 3.63) is 64.7 Å². The van der Waals surface area contributed by atoms with Gasteiger partial charge in [-0.05, 0) is 36.2 Å². The Hall–Kier alpha value is -2.20. The molecule has 1 fully saturated rings. The maximum atomic E-state index is 12.8. The first-order chi connectivity index (χ1) is 11.6. The summed E-state index contributed by atoms with van der Waals surface area (Å²) in [6.45, 7) is 4.14. The average molecular weight is 341 g/mol. The van der Waals surface area contributed by atoms with E-state index in [1.807, 2.05) is 49.4 Å². The molecule has 0 saturated heterocycles. The predicted molar refractivity (Wildman–Crippen MR) is 91.7 cm³/mol. The zero-order valence-electron chi connectivity index (χ0n) is 13.5. The summed E-state index contributed by atoms with van der Waals surface area (Å²) in [5.74, 6) is -0.384. The third-order valence-electron chi connectivity index (χ3n) is 5.31. The minimum atomic E-state index is -1.01. The van der Waals surface area contributed by atoms with Crippen LogP contribution in [0.4, 0.5) is 5.69 Å². The van der Waals surface area contributed by atoms with Crippen LogP contribution in [0.15, 0.2) is 58.8 Å². The molecule has 0 radical (unpaired) electrons. The molecule has 0 amide bonds. The Balaban J connectivity index is 2.00. The van der Waals surface area contributed by atoms with Crippen molar-refractivity contribution in [3.8, 4) is 0 Å². The van der Waals surface area contributed by atoms with E-state index in [9.17, 15) is 4.79 Å². The van der Waals surface area contributed by atoms with Gasteiger partial charge in [-0.15, -0.1) is 0 Å². The monoisotopic (exact) mass is 340 g/mol. The second kappa shape index (κ2) is 5.15. The van der Waals surface area contributed by atoms with Gasteiger partial charge in [-0.3, -0.25) is 0 Å². The maximum absolute atomic E-state index is 12.8. The highest BCUT2D eigenvalue weighted by Gasteiger charge is 2.83. The second-order valence-electron chi connectivity index (χ2n) is 6.24. The smallest absolute Gasteiger partial charge is 0.337 e. The molecule has 122 valence electrons. The van der Waals surface area contributed by atoms with Crippen molar-refractivity contribution < 1.29 is 9.53 Å². The average Bonchev–Trinajstić information content (AvgIpc) is 3.18. The standard InChI is InChI=1S/C19H17ClN2O2/c1-3-24-17(23)19-12(2)18(19,13-7-5-4-6-8-13)15-11-14(20)9-10-16(15)21-22-19/h4-12H,3H2,1-2H3/t12-,18+,19+/m0/s1. The van der Waals surface area contributed by atoms with Gasteiger partial charge in [0, 0.05) is 10.9 Å². The first-order valence-corrected chi connectivity index (χ1v) is 8.42. The van der Waals surface area contributed by atoms with Crippen LogP contribution in [0.5, 0.6) is 0 Å². The molecule has 0 aromatic heterocycles. The van der Waals surface area contributed by atoms with Crippen molar-refractivity contribution in [2.45, 2.75) is 24.8 Å². The molecule has 0 N–H and O–H groups in total. The van der Waals surface area contributed by atoms with Crippen LogP contribution in [-0.4, -0.2) is 18.1 Å². The van der Waals surface area contributed by atoms with Crippen molar-refractivity contribution >= 4 is 23.3 Å². The molecule has 3 atom stereocenters. The fourth-order valence-electron chi connectivity index (χ4n) is 4.24. The molecular formula is C19H17ClN2O2. The zero-order valence-corrected chi connectivity index (χ0v) is 14.2. The van der Waals surface area contributed by atoms with Gasteiger partial charge in [0.2, 0.25) is 0 Å². The Bertz CT molecular complexity index is 852. The van der Waals surface area contributed by atoms with E-state index in [-0.39, 0.29) is 11.9 Å². The minimum Gasteiger partial charge on any atom is -0.464 e. The third-order valence-corrected chi connectivity index (χ3v) is 5.54. The molecule has 4 nitrogen and oxygen atoms in total. The maximum Gasteiger partial charge on any atom is 0.337 e. The first-order valence-electron chi connectivity index (χ1n) is 8.04. The molecule has 1 aliphatic carbocycles. The molecule has 0 unspecified atom stereocenters. The molecule has 4 rings (SSSR count). The number of carbonyl (C=O) groups excluding carboxylic acids is 1. The highest BCUT2D eigenvalue weighted by atomic mass is 35.5. The third kappa shape index (κ3) is 1.67. The molecule has 24 heavy (non-hydrogen) atoms. The molecule has 0 bridgehead atoms. The summed E-state index contributed by atoms with van der Waals surface area (Å²) in [4.78, 5) is 12.8. The number of hydrogen-bond acceptors (Lipinski definition) is 4.